The number of methoxy groups -OCH3 is 1. The van der Waals surface area contributed by atoms with Crippen LogP contribution in [0.3, 0.4) is 0 Å². The standard InChI is InChI=1S/C15H20N4O2S/c1-16-14(20)11-22-15-18-17-13(19(15)8-9-21-2)10-12-6-4-3-5-7-12/h3-7H,8-11H2,1-2H3,(H,16,20). The average Bonchev–Trinajstić information content (AvgIpc) is 2.93. The van der Waals surface area contributed by atoms with Gasteiger partial charge >= 0.3 is 0 Å². The van der Waals surface area contributed by atoms with Crippen molar-refractivity contribution in [3.05, 3.63) is 41.7 Å². The molecule has 1 aromatic heterocycles. The van der Waals surface area contributed by atoms with Crippen molar-refractivity contribution in [2.24, 2.45) is 0 Å². The molecule has 0 atom stereocenters. The average molecular weight is 320 g/mol. The Hall–Kier alpha value is -1.86. The molecule has 1 amide bonds. The van der Waals surface area contributed by atoms with Gasteiger partial charge in [-0.15, -0.1) is 10.2 Å². The first-order valence-corrected chi connectivity index (χ1v) is 8.01. The van der Waals surface area contributed by atoms with Crippen molar-refractivity contribution in [3.8, 4) is 0 Å². The van der Waals surface area contributed by atoms with Gasteiger partial charge in [-0.05, 0) is 5.56 Å². The fraction of sp³-hybridized carbons (Fsp3) is 0.400. The molecule has 1 heterocycles. The first-order chi connectivity index (χ1) is 10.7. The van der Waals surface area contributed by atoms with Crippen molar-refractivity contribution in [1.82, 2.24) is 20.1 Å². The van der Waals surface area contributed by atoms with E-state index in [-0.39, 0.29) is 5.91 Å². The Morgan fingerprint density at radius 3 is 2.77 bits per heavy atom. The molecule has 1 N–H and O–H groups in total. The topological polar surface area (TPSA) is 69.0 Å². The van der Waals surface area contributed by atoms with Gasteiger partial charge < -0.3 is 14.6 Å². The molecule has 0 radical (unpaired) electrons. The summed E-state index contributed by atoms with van der Waals surface area (Å²) in [5.74, 6) is 1.17. The third kappa shape index (κ3) is 4.57. The van der Waals surface area contributed by atoms with Gasteiger partial charge in [-0.2, -0.15) is 0 Å². The van der Waals surface area contributed by atoms with E-state index in [2.05, 4.69) is 27.6 Å². The molecule has 0 aliphatic heterocycles. The number of aromatic nitrogens is 3. The number of carbonyl (C=O) groups is 1. The predicted molar refractivity (Wildman–Crippen MR) is 85.9 cm³/mol. The minimum Gasteiger partial charge on any atom is -0.383 e. The van der Waals surface area contributed by atoms with E-state index in [4.69, 9.17) is 4.74 Å². The van der Waals surface area contributed by atoms with Crippen molar-refractivity contribution < 1.29 is 9.53 Å². The van der Waals surface area contributed by atoms with Gasteiger partial charge in [0.1, 0.15) is 5.82 Å². The number of hydrogen-bond donors (Lipinski definition) is 1. The SMILES string of the molecule is CNC(=O)CSc1nnc(Cc2ccccc2)n1CCOC. The minimum absolute atomic E-state index is 0.0316. The zero-order valence-electron chi connectivity index (χ0n) is 12.8. The van der Waals surface area contributed by atoms with Crippen LogP contribution in [-0.2, 0) is 22.5 Å². The predicted octanol–water partition coefficient (Wildman–Crippen LogP) is 1.35. The van der Waals surface area contributed by atoms with Crippen molar-refractivity contribution in [2.45, 2.75) is 18.1 Å². The number of benzene rings is 1. The van der Waals surface area contributed by atoms with Crippen molar-refractivity contribution >= 4 is 17.7 Å². The second kappa shape index (κ2) is 8.55. The van der Waals surface area contributed by atoms with Gasteiger partial charge in [-0.25, -0.2) is 0 Å². The highest BCUT2D eigenvalue weighted by atomic mass is 32.2. The number of amides is 1. The van der Waals surface area contributed by atoms with Crippen LogP contribution in [-0.4, -0.2) is 47.2 Å². The largest absolute Gasteiger partial charge is 0.383 e. The van der Waals surface area contributed by atoms with Crippen molar-refractivity contribution in [3.63, 3.8) is 0 Å². The molecule has 22 heavy (non-hydrogen) atoms. The van der Waals surface area contributed by atoms with E-state index in [1.54, 1.807) is 14.2 Å². The fourth-order valence-corrected chi connectivity index (χ4v) is 2.80. The molecule has 6 nitrogen and oxygen atoms in total. The van der Waals surface area contributed by atoms with Crippen LogP contribution in [0.5, 0.6) is 0 Å². The Bertz CT molecular complexity index is 601. The van der Waals surface area contributed by atoms with E-state index in [1.807, 2.05) is 22.8 Å². The summed E-state index contributed by atoms with van der Waals surface area (Å²) in [6.45, 7) is 1.25. The maximum absolute atomic E-state index is 11.4. The molecule has 2 aromatic rings. The van der Waals surface area contributed by atoms with E-state index in [0.717, 1.165) is 11.0 Å². The summed E-state index contributed by atoms with van der Waals surface area (Å²) in [5.41, 5.74) is 1.18. The van der Waals surface area contributed by atoms with Crippen LogP contribution in [0.2, 0.25) is 0 Å². The summed E-state index contributed by atoms with van der Waals surface area (Å²) in [6.07, 6.45) is 0.706. The Kier molecular flexibility index (Phi) is 6.42. The molecule has 0 unspecified atom stereocenters. The number of rotatable bonds is 8. The summed E-state index contributed by atoms with van der Waals surface area (Å²) < 4.78 is 7.18. The molecule has 0 fully saturated rings. The monoisotopic (exact) mass is 320 g/mol. The Morgan fingerprint density at radius 2 is 2.09 bits per heavy atom. The quantitative estimate of drug-likeness (QED) is 0.744. The Labute approximate surface area is 134 Å². The molecule has 0 aliphatic carbocycles. The number of nitrogens with one attached hydrogen (secondary N) is 1. The summed E-state index contributed by atoms with van der Waals surface area (Å²) in [6, 6.07) is 10.1. The zero-order chi connectivity index (χ0) is 15.8. The fourth-order valence-electron chi connectivity index (χ4n) is 1.94. The Morgan fingerprint density at radius 1 is 1.32 bits per heavy atom. The molecule has 2 rings (SSSR count). The number of carbonyl (C=O) groups excluding carboxylic acids is 1. The third-order valence-corrected chi connectivity index (χ3v) is 4.10. The highest BCUT2D eigenvalue weighted by Gasteiger charge is 2.14. The lowest BCUT2D eigenvalue weighted by molar-refractivity contribution is -0.118. The Balaban J connectivity index is 2.14. The van der Waals surface area contributed by atoms with Crippen LogP contribution in [0.1, 0.15) is 11.4 Å². The van der Waals surface area contributed by atoms with Crippen LogP contribution in [0.15, 0.2) is 35.5 Å². The molecular formula is C15H20N4O2S. The van der Waals surface area contributed by atoms with Crippen LogP contribution in [0.4, 0.5) is 0 Å². The third-order valence-electron chi connectivity index (χ3n) is 3.13. The highest BCUT2D eigenvalue weighted by molar-refractivity contribution is 7.99. The molecular weight excluding hydrogens is 300 g/mol. The van der Waals surface area contributed by atoms with Gasteiger partial charge in [0.15, 0.2) is 5.16 Å². The van der Waals surface area contributed by atoms with Gasteiger partial charge in [0.25, 0.3) is 0 Å². The van der Waals surface area contributed by atoms with Gasteiger partial charge in [0.2, 0.25) is 5.91 Å². The maximum atomic E-state index is 11.4. The molecule has 0 bridgehead atoms. The molecule has 0 aliphatic rings. The summed E-state index contributed by atoms with van der Waals surface area (Å²) in [4.78, 5) is 11.4. The van der Waals surface area contributed by atoms with E-state index >= 15 is 0 Å². The first-order valence-electron chi connectivity index (χ1n) is 7.03. The minimum atomic E-state index is -0.0316. The lowest BCUT2D eigenvalue weighted by atomic mass is 10.1. The number of ether oxygens (including phenoxy) is 1. The molecule has 0 spiro atoms. The van der Waals surface area contributed by atoms with Gasteiger partial charge in [0, 0.05) is 27.1 Å². The first kappa shape index (κ1) is 16.5. The second-order valence-electron chi connectivity index (χ2n) is 4.67. The zero-order valence-corrected chi connectivity index (χ0v) is 13.6. The van der Waals surface area contributed by atoms with E-state index < -0.39 is 0 Å². The lowest BCUT2D eigenvalue weighted by Crippen LogP contribution is -2.20. The van der Waals surface area contributed by atoms with Crippen LogP contribution >= 0.6 is 11.8 Å². The maximum Gasteiger partial charge on any atom is 0.230 e. The highest BCUT2D eigenvalue weighted by Crippen LogP contribution is 2.18. The lowest BCUT2D eigenvalue weighted by Gasteiger charge is -2.09. The summed E-state index contributed by atoms with van der Waals surface area (Å²) in [5, 5.41) is 11.8. The van der Waals surface area contributed by atoms with E-state index in [9.17, 15) is 4.79 Å². The summed E-state index contributed by atoms with van der Waals surface area (Å²) in [7, 11) is 3.29. The molecule has 118 valence electrons. The number of nitrogens with zero attached hydrogens (tertiary/aromatic N) is 3. The number of thioether (sulfide) groups is 1. The molecule has 7 heteroatoms. The van der Waals surface area contributed by atoms with Crippen molar-refractivity contribution in [1.29, 1.82) is 0 Å². The van der Waals surface area contributed by atoms with Gasteiger partial charge in [0.05, 0.1) is 12.4 Å². The normalized spacial score (nSPS) is 10.6. The van der Waals surface area contributed by atoms with E-state index in [1.165, 1.54) is 17.3 Å². The van der Waals surface area contributed by atoms with Crippen molar-refractivity contribution in [2.75, 3.05) is 26.5 Å². The van der Waals surface area contributed by atoms with Gasteiger partial charge in [-0.3, -0.25) is 4.79 Å². The molecule has 0 saturated heterocycles. The van der Waals surface area contributed by atoms with Gasteiger partial charge in [-0.1, -0.05) is 42.1 Å². The van der Waals surface area contributed by atoms with Crippen LogP contribution in [0, 0.1) is 0 Å². The van der Waals surface area contributed by atoms with E-state index in [0.29, 0.717) is 25.3 Å². The number of hydrogen-bond acceptors (Lipinski definition) is 5. The molecule has 1 aromatic carbocycles. The second-order valence-corrected chi connectivity index (χ2v) is 5.61. The summed E-state index contributed by atoms with van der Waals surface area (Å²) >= 11 is 1.38. The molecule has 0 saturated carbocycles. The van der Waals surface area contributed by atoms with Crippen LogP contribution in [0.25, 0.3) is 0 Å². The smallest absolute Gasteiger partial charge is 0.230 e. The van der Waals surface area contributed by atoms with Crippen LogP contribution < -0.4 is 5.32 Å².